The highest BCUT2D eigenvalue weighted by atomic mass is 35.5. The van der Waals surface area contributed by atoms with E-state index < -0.39 is 38.5 Å². The van der Waals surface area contributed by atoms with Crippen LogP contribution in [0.25, 0.3) is 22.3 Å². The van der Waals surface area contributed by atoms with Gasteiger partial charge in [-0.15, -0.1) is 0 Å². The Morgan fingerprint density at radius 3 is 2.64 bits per heavy atom. The molecule has 2 aromatic heterocycles. The predicted octanol–water partition coefficient (Wildman–Crippen LogP) is 3.63. The number of nitrogens with one attached hydrogen (secondary N) is 2. The van der Waals surface area contributed by atoms with Crippen molar-refractivity contribution in [2.45, 2.75) is 19.9 Å². The number of hydrogen-bond acceptors (Lipinski definition) is 8. The molecule has 2 N–H and O–H groups in total. The van der Waals surface area contributed by atoms with E-state index in [4.69, 9.17) is 11.6 Å². The van der Waals surface area contributed by atoms with Crippen LogP contribution in [0.3, 0.4) is 0 Å². The molecule has 0 fully saturated rings. The van der Waals surface area contributed by atoms with Crippen LogP contribution in [0.2, 0.25) is 5.02 Å². The lowest BCUT2D eigenvalue weighted by molar-refractivity contribution is 0.595. The van der Waals surface area contributed by atoms with Gasteiger partial charge in [0, 0.05) is 16.8 Å². The number of fused-ring (bicyclic) bond motifs is 1. The standard InChI is InChI=1S/C22H22ClFN6O4S2/c1-12-17(23)8-16(13(2)29-22-19-21(26-9-25-19)27-10-28-22)18(14-5-4-6-15(24)7-14)20(12)30(35(31)32)11-36(3,33)34/h4-10,13,35H,11H2,1-3H3,(H2,25,26,27,28,29). The van der Waals surface area contributed by atoms with Gasteiger partial charge in [-0.3, -0.25) is 4.31 Å². The lowest BCUT2D eigenvalue weighted by atomic mass is 9.91. The summed E-state index contributed by atoms with van der Waals surface area (Å²) in [6.45, 7) is 3.36. The first-order valence-electron chi connectivity index (χ1n) is 10.6. The molecule has 14 heteroatoms. The zero-order valence-electron chi connectivity index (χ0n) is 19.4. The van der Waals surface area contributed by atoms with E-state index in [1.54, 1.807) is 26.0 Å². The van der Waals surface area contributed by atoms with Gasteiger partial charge in [-0.25, -0.2) is 36.2 Å². The number of hydrogen-bond donors (Lipinski definition) is 3. The highest BCUT2D eigenvalue weighted by Gasteiger charge is 2.27. The average Bonchev–Trinajstić information content (AvgIpc) is 3.28. The Hall–Kier alpha value is -3.29. The van der Waals surface area contributed by atoms with Gasteiger partial charge in [-0.2, -0.15) is 0 Å². The second-order valence-electron chi connectivity index (χ2n) is 8.19. The van der Waals surface area contributed by atoms with E-state index >= 15 is 0 Å². The Morgan fingerprint density at radius 1 is 1.22 bits per heavy atom. The van der Waals surface area contributed by atoms with Gasteiger partial charge in [0.15, 0.2) is 21.3 Å². The molecule has 0 aliphatic rings. The first kappa shape index (κ1) is 25.8. The predicted molar refractivity (Wildman–Crippen MR) is 138 cm³/mol. The fraction of sp³-hybridized carbons (Fsp3) is 0.227. The van der Waals surface area contributed by atoms with E-state index in [-0.39, 0.29) is 10.7 Å². The average molecular weight is 553 g/mol. The summed E-state index contributed by atoms with van der Waals surface area (Å²) in [5, 5.41) is 3.43. The summed E-state index contributed by atoms with van der Waals surface area (Å²) in [6.07, 6.45) is 3.75. The summed E-state index contributed by atoms with van der Waals surface area (Å²) >= 11 is 6.54. The number of halogens is 2. The van der Waals surface area contributed by atoms with Crippen molar-refractivity contribution in [1.29, 1.82) is 0 Å². The number of anilines is 2. The van der Waals surface area contributed by atoms with E-state index in [0.717, 1.165) is 10.6 Å². The van der Waals surface area contributed by atoms with Gasteiger partial charge >= 0.3 is 0 Å². The monoisotopic (exact) mass is 552 g/mol. The summed E-state index contributed by atoms with van der Waals surface area (Å²) < 4.78 is 64.0. The van der Waals surface area contributed by atoms with Crippen molar-refractivity contribution in [3.63, 3.8) is 0 Å². The van der Waals surface area contributed by atoms with Gasteiger partial charge in [0.25, 0.3) is 0 Å². The molecule has 4 rings (SSSR count). The summed E-state index contributed by atoms with van der Waals surface area (Å²) in [4.78, 5) is 15.5. The number of thiol groups is 1. The molecule has 1 unspecified atom stereocenters. The number of aromatic nitrogens is 4. The molecule has 190 valence electrons. The minimum Gasteiger partial charge on any atom is -0.362 e. The molecule has 0 radical (unpaired) electrons. The van der Waals surface area contributed by atoms with Crippen molar-refractivity contribution >= 4 is 55.0 Å². The molecule has 0 spiro atoms. The number of benzene rings is 2. The van der Waals surface area contributed by atoms with Crippen LogP contribution in [0.15, 0.2) is 43.0 Å². The zero-order valence-corrected chi connectivity index (χ0v) is 21.8. The van der Waals surface area contributed by atoms with Gasteiger partial charge in [0.2, 0.25) is 10.9 Å². The molecule has 4 aromatic rings. The minimum atomic E-state index is -3.77. The smallest absolute Gasteiger partial charge is 0.226 e. The molecular formula is C22H22ClFN6O4S2. The summed E-state index contributed by atoms with van der Waals surface area (Å²) in [7, 11) is -7.17. The second-order valence-corrected chi connectivity index (χ2v) is 11.7. The first-order chi connectivity index (χ1) is 17.0. The quantitative estimate of drug-likeness (QED) is 0.282. The number of rotatable bonds is 8. The van der Waals surface area contributed by atoms with Gasteiger partial charge in [-0.1, -0.05) is 23.7 Å². The maximum atomic E-state index is 14.3. The van der Waals surface area contributed by atoms with Crippen LogP contribution in [-0.2, 0) is 20.7 Å². The molecule has 0 saturated carbocycles. The van der Waals surface area contributed by atoms with Gasteiger partial charge in [-0.05, 0) is 48.7 Å². The van der Waals surface area contributed by atoms with E-state index in [9.17, 15) is 21.2 Å². The first-order valence-corrected chi connectivity index (χ1v) is 14.1. The molecule has 2 aromatic carbocycles. The van der Waals surface area contributed by atoms with Crippen molar-refractivity contribution < 1.29 is 21.2 Å². The second kappa shape index (κ2) is 9.99. The molecule has 0 amide bonds. The minimum absolute atomic E-state index is 0.0471. The van der Waals surface area contributed by atoms with Crippen LogP contribution in [0, 0.1) is 12.7 Å². The molecule has 0 saturated heterocycles. The number of nitrogens with zero attached hydrogens (tertiary/aromatic N) is 4. The topological polar surface area (TPSA) is 138 Å². The number of H-pyrrole nitrogens is 1. The lowest BCUT2D eigenvalue weighted by Gasteiger charge is -2.28. The molecule has 0 aliphatic heterocycles. The summed E-state index contributed by atoms with van der Waals surface area (Å²) in [5.74, 6) is -0.955. The van der Waals surface area contributed by atoms with Crippen molar-refractivity contribution in [2.24, 2.45) is 0 Å². The largest absolute Gasteiger partial charge is 0.362 e. The Morgan fingerprint density at radius 2 is 1.97 bits per heavy atom. The summed E-state index contributed by atoms with van der Waals surface area (Å²) in [6, 6.07) is 6.67. The maximum absolute atomic E-state index is 14.3. The third-order valence-corrected chi connectivity index (χ3v) is 7.53. The third-order valence-electron chi connectivity index (χ3n) is 5.48. The Kier molecular flexibility index (Phi) is 7.16. The Labute approximate surface area is 213 Å². The molecule has 1 atom stereocenters. The normalized spacial score (nSPS) is 12.7. The Bertz CT molecular complexity index is 1630. The van der Waals surface area contributed by atoms with Crippen LogP contribution in [0.5, 0.6) is 0 Å². The van der Waals surface area contributed by atoms with E-state index in [1.165, 1.54) is 30.9 Å². The molecule has 0 aliphatic carbocycles. The number of imidazole rings is 1. The zero-order chi connectivity index (χ0) is 26.2. The van der Waals surface area contributed by atoms with E-state index in [0.29, 0.717) is 39.2 Å². The van der Waals surface area contributed by atoms with Crippen LogP contribution < -0.4 is 9.62 Å². The van der Waals surface area contributed by atoms with Crippen LogP contribution in [0.1, 0.15) is 24.1 Å². The van der Waals surface area contributed by atoms with E-state index in [2.05, 4.69) is 25.3 Å². The maximum Gasteiger partial charge on any atom is 0.226 e. The number of sulfone groups is 1. The van der Waals surface area contributed by atoms with Gasteiger partial charge in [0.1, 0.15) is 23.5 Å². The van der Waals surface area contributed by atoms with Gasteiger partial charge in [0.05, 0.1) is 18.1 Å². The van der Waals surface area contributed by atoms with Crippen LogP contribution in [-0.4, -0.2) is 48.9 Å². The van der Waals surface area contributed by atoms with Gasteiger partial charge < -0.3 is 10.3 Å². The molecule has 0 bridgehead atoms. The third kappa shape index (κ3) is 5.27. The highest BCUT2D eigenvalue weighted by molar-refractivity contribution is 7.91. The lowest BCUT2D eigenvalue weighted by Crippen LogP contribution is -2.29. The fourth-order valence-electron chi connectivity index (χ4n) is 3.93. The number of aromatic amines is 1. The molecular weight excluding hydrogens is 531 g/mol. The van der Waals surface area contributed by atoms with Crippen molar-refractivity contribution in [1.82, 2.24) is 19.9 Å². The van der Waals surface area contributed by atoms with Crippen LogP contribution in [0.4, 0.5) is 15.9 Å². The highest BCUT2D eigenvalue weighted by Crippen LogP contribution is 2.44. The van der Waals surface area contributed by atoms with Crippen LogP contribution >= 0.6 is 11.6 Å². The molecule has 10 nitrogen and oxygen atoms in total. The Balaban J connectivity index is 1.98. The van der Waals surface area contributed by atoms with Crippen molar-refractivity contribution in [3.05, 3.63) is 65.0 Å². The fourth-order valence-corrected chi connectivity index (χ4v) is 6.13. The SMILES string of the molecule is Cc1c(Cl)cc(C(C)Nc2ncnc3[nH]cnc23)c(-c2cccc(F)c2)c1N(CS(C)(=O)=O)[SH](=O)=O. The summed E-state index contributed by atoms with van der Waals surface area (Å²) in [5.41, 5.74) is 2.51. The molecule has 2 heterocycles. The molecule has 36 heavy (non-hydrogen) atoms. The van der Waals surface area contributed by atoms with E-state index in [1.807, 2.05) is 0 Å². The van der Waals surface area contributed by atoms with Crippen molar-refractivity contribution in [3.8, 4) is 11.1 Å². The van der Waals surface area contributed by atoms with Crippen molar-refractivity contribution in [2.75, 3.05) is 21.8 Å².